The van der Waals surface area contributed by atoms with Gasteiger partial charge in [0.05, 0.1) is 25.4 Å². The molecule has 0 aromatic heterocycles. The van der Waals surface area contributed by atoms with E-state index in [2.05, 4.69) is 0 Å². The number of carbonyl (C=O) groups is 2. The molecule has 0 radical (unpaired) electrons. The maximum absolute atomic E-state index is 10.0. The van der Waals surface area contributed by atoms with Crippen molar-refractivity contribution in [2.75, 3.05) is 13.2 Å². The van der Waals surface area contributed by atoms with Crippen molar-refractivity contribution in [3.8, 4) is 0 Å². The maximum atomic E-state index is 10.0. The number of aliphatic carboxylic acids is 2. The molecule has 0 aliphatic rings. The minimum Gasteiger partial charge on any atom is -0.479 e. The average Bonchev–Trinajstić information content (AvgIpc) is 2.49. The van der Waals surface area contributed by atoms with Gasteiger partial charge < -0.3 is 40.9 Å². The van der Waals surface area contributed by atoms with E-state index in [-0.39, 0.29) is 26.1 Å². The molecule has 0 amide bonds. The van der Waals surface area contributed by atoms with E-state index in [1.165, 1.54) is 0 Å². The molecule has 22 heavy (non-hydrogen) atoms. The lowest BCUT2D eigenvalue weighted by molar-refractivity contribution is -0.151. The van der Waals surface area contributed by atoms with Gasteiger partial charge in [-0.2, -0.15) is 0 Å². The zero-order chi connectivity index (χ0) is 17.7. The van der Waals surface area contributed by atoms with Crippen LogP contribution in [0.25, 0.3) is 0 Å². The molecule has 4 atom stereocenters. The molecule has 0 heterocycles. The third kappa shape index (κ3) is 13.7. The number of carboxylic acids is 2. The quantitative estimate of drug-likeness (QED) is 0.206. The molecule has 0 bridgehead atoms. The van der Waals surface area contributed by atoms with Crippen LogP contribution in [0.2, 0.25) is 0 Å². The van der Waals surface area contributed by atoms with Crippen LogP contribution in [-0.4, -0.2) is 90.4 Å². The standard InChI is InChI=1S/C6H10O6.C6H14O4/c7-3(5(9)10)1-2-4(8)6(11)12;7-3-5(9)1-2-6(10)4-8/h3-4,7-8H,1-2H2,(H,9,10)(H,11,12);5-10H,1-4H2. The van der Waals surface area contributed by atoms with Gasteiger partial charge >= 0.3 is 11.9 Å². The van der Waals surface area contributed by atoms with E-state index in [1.807, 2.05) is 0 Å². The first-order valence-electron chi connectivity index (χ1n) is 6.55. The second-order valence-corrected chi connectivity index (χ2v) is 4.54. The summed E-state index contributed by atoms with van der Waals surface area (Å²) in [5, 5.41) is 67.8. The van der Waals surface area contributed by atoms with Crippen molar-refractivity contribution >= 4 is 11.9 Å². The summed E-state index contributed by atoms with van der Waals surface area (Å²) in [7, 11) is 0. The number of aliphatic hydroxyl groups is 6. The lowest BCUT2D eigenvalue weighted by Crippen LogP contribution is -2.25. The van der Waals surface area contributed by atoms with Gasteiger partial charge in [0.15, 0.2) is 12.2 Å². The van der Waals surface area contributed by atoms with Crippen LogP contribution in [0.5, 0.6) is 0 Å². The molecule has 0 spiro atoms. The predicted molar refractivity (Wildman–Crippen MR) is 71.9 cm³/mol. The highest BCUT2D eigenvalue weighted by atomic mass is 16.4. The molecule has 0 aliphatic carbocycles. The summed E-state index contributed by atoms with van der Waals surface area (Å²) in [4.78, 5) is 20.0. The molecule has 0 saturated carbocycles. The SMILES string of the molecule is O=C(O)C(O)CCC(O)C(=O)O.OCC(O)CCC(O)CO. The Balaban J connectivity index is 0. The van der Waals surface area contributed by atoms with Crippen molar-refractivity contribution in [3.05, 3.63) is 0 Å². The molecule has 4 unspecified atom stereocenters. The summed E-state index contributed by atoms with van der Waals surface area (Å²) in [5.74, 6) is -2.85. The molecule has 0 aliphatic heterocycles. The highest BCUT2D eigenvalue weighted by molar-refractivity contribution is 5.73. The molecule has 0 aromatic carbocycles. The zero-order valence-electron chi connectivity index (χ0n) is 11.9. The third-order valence-corrected chi connectivity index (χ3v) is 2.54. The minimum atomic E-state index is -1.61. The van der Waals surface area contributed by atoms with Crippen LogP contribution < -0.4 is 0 Å². The van der Waals surface area contributed by atoms with Crippen LogP contribution >= 0.6 is 0 Å². The van der Waals surface area contributed by atoms with E-state index in [0.29, 0.717) is 12.8 Å². The summed E-state index contributed by atoms with van der Waals surface area (Å²) >= 11 is 0. The lowest BCUT2D eigenvalue weighted by atomic mass is 10.1. The largest absolute Gasteiger partial charge is 0.479 e. The van der Waals surface area contributed by atoms with E-state index in [9.17, 15) is 9.59 Å². The molecular formula is C12H24O10. The molecular weight excluding hydrogens is 304 g/mol. The normalized spacial score (nSPS) is 15.9. The molecule has 0 saturated heterocycles. The molecule has 8 N–H and O–H groups in total. The average molecular weight is 328 g/mol. The Morgan fingerprint density at radius 1 is 0.636 bits per heavy atom. The summed E-state index contributed by atoms with van der Waals surface area (Å²) in [6.45, 7) is -0.587. The highest BCUT2D eigenvalue weighted by Crippen LogP contribution is 2.02. The van der Waals surface area contributed by atoms with Crippen LogP contribution in [0.1, 0.15) is 25.7 Å². The topological polar surface area (TPSA) is 196 Å². The highest BCUT2D eigenvalue weighted by Gasteiger charge is 2.18. The summed E-state index contributed by atoms with van der Waals surface area (Å²) in [5.41, 5.74) is 0. The third-order valence-electron chi connectivity index (χ3n) is 2.54. The molecule has 132 valence electrons. The molecule has 0 fully saturated rings. The minimum absolute atomic E-state index is 0.275. The van der Waals surface area contributed by atoms with Gasteiger partial charge in [-0.05, 0) is 25.7 Å². The van der Waals surface area contributed by atoms with Crippen LogP contribution in [-0.2, 0) is 9.59 Å². The van der Waals surface area contributed by atoms with Gasteiger partial charge in [-0.15, -0.1) is 0 Å². The van der Waals surface area contributed by atoms with Gasteiger partial charge in [0.1, 0.15) is 0 Å². The van der Waals surface area contributed by atoms with Gasteiger partial charge in [-0.25, -0.2) is 9.59 Å². The van der Waals surface area contributed by atoms with E-state index in [1.54, 1.807) is 0 Å². The first-order valence-corrected chi connectivity index (χ1v) is 6.55. The van der Waals surface area contributed by atoms with E-state index < -0.39 is 36.4 Å². The van der Waals surface area contributed by atoms with E-state index in [0.717, 1.165) is 0 Å². The van der Waals surface area contributed by atoms with E-state index in [4.69, 9.17) is 40.9 Å². The Hall–Kier alpha value is -1.30. The number of carboxylic acid groups (broad SMARTS) is 2. The fourth-order valence-corrected chi connectivity index (χ4v) is 1.13. The second kappa shape index (κ2) is 13.4. The van der Waals surface area contributed by atoms with E-state index >= 15 is 0 Å². The van der Waals surface area contributed by atoms with Gasteiger partial charge in [-0.3, -0.25) is 0 Å². The Kier molecular flexibility index (Phi) is 14.0. The predicted octanol–water partition coefficient (Wildman–Crippen LogP) is -2.87. The fraction of sp³-hybridized carbons (Fsp3) is 0.833. The molecule has 10 heteroatoms. The summed E-state index contributed by atoms with van der Waals surface area (Å²) in [6.07, 6.45) is -4.69. The number of hydrogen-bond acceptors (Lipinski definition) is 8. The first kappa shape index (κ1) is 23.0. The van der Waals surface area contributed by atoms with Gasteiger partial charge in [-0.1, -0.05) is 0 Å². The number of hydrogen-bond donors (Lipinski definition) is 8. The van der Waals surface area contributed by atoms with Crippen LogP contribution in [0.15, 0.2) is 0 Å². The summed E-state index contributed by atoms with van der Waals surface area (Å²) < 4.78 is 0. The fourth-order valence-electron chi connectivity index (χ4n) is 1.13. The Morgan fingerprint density at radius 3 is 1.09 bits per heavy atom. The van der Waals surface area contributed by atoms with Crippen LogP contribution in [0.4, 0.5) is 0 Å². The van der Waals surface area contributed by atoms with Crippen molar-refractivity contribution in [2.24, 2.45) is 0 Å². The van der Waals surface area contributed by atoms with Crippen molar-refractivity contribution < 1.29 is 50.4 Å². The molecule has 10 nitrogen and oxygen atoms in total. The number of rotatable bonds is 10. The van der Waals surface area contributed by atoms with Crippen molar-refractivity contribution in [1.29, 1.82) is 0 Å². The summed E-state index contributed by atoms with van der Waals surface area (Å²) in [6, 6.07) is 0. The second-order valence-electron chi connectivity index (χ2n) is 4.54. The Labute approximate surface area is 126 Å². The van der Waals surface area contributed by atoms with Crippen molar-refractivity contribution in [2.45, 2.75) is 50.1 Å². The Bertz CT molecular complexity index is 278. The monoisotopic (exact) mass is 328 g/mol. The zero-order valence-corrected chi connectivity index (χ0v) is 11.9. The lowest BCUT2D eigenvalue weighted by Gasteiger charge is -2.09. The molecule has 0 rings (SSSR count). The van der Waals surface area contributed by atoms with Crippen LogP contribution in [0.3, 0.4) is 0 Å². The van der Waals surface area contributed by atoms with Crippen molar-refractivity contribution in [1.82, 2.24) is 0 Å². The van der Waals surface area contributed by atoms with Crippen molar-refractivity contribution in [3.63, 3.8) is 0 Å². The van der Waals surface area contributed by atoms with Crippen LogP contribution in [0, 0.1) is 0 Å². The first-order chi connectivity index (χ1) is 10.1. The van der Waals surface area contributed by atoms with Gasteiger partial charge in [0.2, 0.25) is 0 Å². The van der Waals surface area contributed by atoms with Gasteiger partial charge in [0, 0.05) is 0 Å². The maximum Gasteiger partial charge on any atom is 0.332 e. The molecule has 0 aromatic rings. The smallest absolute Gasteiger partial charge is 0.332 e. The number of aliphatic hydroxyl groups excluding tert-OH is 6. The van der Waals surface area contributed by atoms with Gasteiger partial charge in [0.25, 0.3) is 0 Å². The Morgan fingerprint density at radius 2 is 0.909 bits per heavy atom.